The fourth-order valence-electron chi connectivity index (χ4n) is 2.39. The molecule has 1 saturated heterocycles. The highest BCUT2D eigenvalue weighted by Crippen LogP contribution is 2.28. The summed E-state index contributed by atoms with van der Waals surface area (Å²) < 4.78 is 10.7. The minimum absolute atomic E-state index is 0.804. The van der Waals surface area contributed by atoms with Crippen LogP contribution >= 0.6 is 0 Å². The summed E-state index contributed by atoms with van der Waals surface area (Å²) in [7, 11) is 3.40. The Labute approximate surface area is 115 Å². The number of aryl methyl sites for hydroxylation is 1. The molecule has 4 heteroatoms. The molecule has 0 spiro atoms. The Morgan fingerprint density at radius 3 is 2.63 bits per heavy atom. The van der Waals surface area contributed by atoms with Crippen LogP contribution in [0, 0.1) is 12.8 Å². The van der Waals surface area contributed by atoms with Crippen LogP contribution in [0.5, 0.6) is 11.5 Å². The second-order valence-electron chi connectivity index (χ2n) is 5.10. The normalized spacial score (nSPS) is 15.1. The van der Waals surface area contributed by atoms with E-state index in [2.05, 4.69) is 23.6 Å². The SMILES string of the molecule is COc1cc(C)c(CCNCC2CNC2)c(OC)c1. The molecule has 0 bridgehead atoms. The van der Waals surface area contributed by atoms with E-state index in [-0.39, 0.29) is 0 Å². The first-order valence-electron chi connectivity index (χ1n) is 6.87. The highest BCUT2D eigenvalue weighted by molar-refractivity contribution is 5.46. The van der Waals surface area contributed by atoms with Crippen molar-refractivity contribution in [2.24, 2.45) is 5.92 Å². The van der Waals surface area contributed by atoms with Crippen molar-refractivity contribution in [1.82, 2.24) is 10.6 Å². The Morgan fingerprint density at radius 2 is 2.05 bits per heavy atom. The second-order valence-corrected chi connectivity index (χ2v) is 5.10. The number of nitrogens with one attached hydrogen (secondary N) is 2. The first kappa shape index (κ1) is 14.2. The molecule has 0 saturated carbocycles. The number of methoxy groups -OCH3 is 2. The van der Waals surface area contributed by atoms with Gasteiger partial charge in [-0.2, -0.15) is 0 Å². The Morgan fingerprint density at radius 1 is 1.26 bits per heavy atom. The zero-order chi connectivity index (χ0) is 13.7. The molecule has 106 valence electrons. The fraction of sp³-hybridized carbons (Fsp3) is 0.600. The van der Waals surface area contributed by atoms with Gasteiger partial charge in [-0.1, -0.05) is 0 Å². The van der Waals surface area contributed by atoms with Crippen LogP contribution in [0.2, 0.25) is 0 Å². The zero-order valence-corrected chi connectivity index (χ0v) is 12.1. The molecule has 4 nitrogen and oxygen atoms in total. The van der Waals surface area contributed by atoms with Crippen molar-refractivity contribution in [3.8, 4) is 11.5 Å². The average Bonchev–Trinajstić information content (AvgIpc) is 2.37. The Balaban J connectivity index is 1.90. The highest BCUT2D eigenvalue weighted by atomic mass is 16.5. The summed E-state index contributed by atoms with van der Waals surface area (Å²) in [4.78, 5) is 0. The number of ether oxygens (including phenoxy) is 2. The van der Waals surface area contributed by atoms with E-state index >= 15 is 0 Å². The van der Waals surface area contributed by atoms with Crippen molar-refractivity contribution in [1.29, 1.82) is 0 Å². The average molecular weight is 264 g/mol. The van der Waals surface area contributed by atoms with E-state index in [1.807, 2.05) is 6.07 Å². The molecule has 1 fully saturated rings. The maximum atomic E-state index is 5.46. The van der Waals surface area contributed by atoms with Crippen LogP contribution in [0.1, 0.15) is 11.1 Å². The third kappa shape index (κ3) is 3.61. The molecule has 0 atom stereocenters. The molecule has 0 aliphatic carbocycles. The molecule has 1 heterocycles. The van der Waals surface area contributed by atoms with Gasteiger partial charge in [0.05, 0.1) is 14.2 Å². The lowest BCUT2D eigenvalue weighted by molar-refractivity contribution is 0.332. The molecule has 0 radical (unpaired) electrons. The molecule has 0 unspecified atom stereocenters. The van der Waals surface area contributed by atoms with Crippen molar-refractivity contribution in [3.63, 3.8) is 0 Å². The van der Waals surface area contributed by atoms with E-state index < -0.39 is 0 Å². The summed E-state index contributed by atoms with van der Waals surface area (Å²) >= 11 is 0. The second kappa shape index (κ2) is 6.78. The first-order valence-corrected chi connectivity index (χ1v) is 6.87. The van der Waals surface area contributed by atoms with Gasteiger partial charge in [0.25, 0.3) is 0 Å². The molecule has 1 aliphatic rings. The van der Waals surface area contributed by atoms with Gasteiger partial charge < -0.3 is 20.1 Å². The predicted octanol–water partition coefficient (Wildman–Crippen LogP) is 1.36. The summed E-state index contributed by atoms with van der Waals surface area (Å²) in [6.45, 7) is 6.50. The van der Waals surface area contributed by atoms with Crippen LogP contribution in [0.15, 0.2) is 12.1 Å². The largest absolute Gasteiger partial charge is 0.497 e. The maximum absolute atomic E-state index is 5.46. The molecule has 1 aromatic carbocycles. The van der Waals surface area contributed by atoms with E-state index in [1.54, 1.807) is 14.2 Å². The van der Waals surface area contributed by atoms with Gasteiger partial charge >= 0.3 is 0 Å². The Kier molecular flexibility index (Phi) is 5.05. The van der Waals surface area contributed by atoms with Gasteiger partial charge in [-0.3, -0.25) is 0 Å². The monoisotopic (exact) mass is 264 g/mol. The van der Waals surface area contributed by atoms with Crippen LogP contribution in [-0.2, 0) is 6.42 Å². The van der Waals surface area contributed by atoms with Crippen LogP contribution in [0.3, 0.4) is 0 Å². The lowest BCUT2D eigenvalue weighted by atomic mass is 10.0. The van der Waals surface area contributed by atoms with E-state index in [0.717, 1.165) is 50.0 Å². The summed E-state index contributed by atoms with van der Waals surface area (Å²) in [5, 5.41) is 6.80. The van der Waals surface area contributed by atoms with Gasteiger partial charge in [0.1, 0.15) is 11.5 Å². The molecule has 2 rings (SSSR count). The van der Waals surface area contributed by atoms with Gasteiger partial charge in [-0.15, -0.1) is 0 Å². The molecule has 2 N–H and O–H groups in total. The predicted molar refractivity (Wildman–Crippen MR) is 77.2 cm³/mol. The lowest BCUT2D eigenvalue weighted by Gasteiger charge is -2.27. The van der Waals surface area contributed by atoms with Crippen LogP contribution in [-0.4, -0.2) is 40.4 Å². The molecule has 0 amide bonds. The topological polar surface area (TPSA) is 42.5 Å². The Bertz CT molecular complexity index is 417. The fourth-order valence-corrected chi connectivity index (χ4v) is 2.39. The van der Waals surface area contributed by atoms with Gasteiger partial charge in [-0.25, -0.2) is 0 Å². The van der Waals surface area contributed by atoms with Crippen molar-refractivity contribution in [2.75, 3.05) is 40.4 Å². The third-order valence-electron chi connectivity index (χ3n) is 3.71. The van der Waals surface area contributed by atoms with Gasteiger partial charge in [0.2, 0.25) is 0 Å². The summed E-state index contributed by atoms with van der Waals surface area (Å²) in [6, 6.07) is 4.02. The van der Waals surface area contributed by atoms with Crippen molar-refractivity contribution in [3.05, 3.63) is 23.3 Å². The highest BCUT2D eigenvalue weighted by Gasteiger charge is 2.15. The summed E-state index contributed by atoms with van der Waals surface area (Å²) in [5.74, 6) is 2.58. The van der Waals surface area contributed by atoms with Crippen molar-refractivity contribution >= 4 is 0 Å². The lowest BCUT2D eigenvalue weighted by Crippen LogP contribution is -2.47. The quantitative estimate of drug-likeness (QED) is 0.730. The summed E-state index contributed by atoms with van der Waals surface area (Å²) in [5.41, 5.74) is 2.49. The molecule has 1 aliphatic heterocycles. The molecule has 0 aromatic heterocycles. The molecule has 19 heavy (non-hydrogen) atoms. The van der Waals surface area contributed by atoms with Crippen molar-refractivity contribution in [2.45, 2.75) is 13.3 Å². The maximum Gasteiger partial charge on any atom is 0.126 e. The van der Waals surface area contributed by atoms with E-state index in [4.69, 9.17) is 9.47 Å². The van der Waals surface area contributed by atoms with Crippen LogP contribution in [0.25, 0.3) is 0 Å². The van der Waals surface area contributed by atoms with E-state index in [9.17, 15) is 0 Å². The number of hydrogen-bond donors (Lipinski definition) is 2. The van der Waals surface area contributed by atoms with Crippen LogP contribution < -0.4 is 20.1 Å². The van der Waals surface area contributed by atoms with Gasteiger partial charge in [0.15, 0.2) is 0 Å². The number of rotatable bonds is 7. The minimum atomic E-state index is 0.804. The van der Waals surface area contributed by atoms with Crippen molar-refractivity contribution < 1.29 is 9.47 Å². The number of hydrogen-bond acceptors (Lipinski definition) is 4. The molecule has 1 aromatic rings. The Hall–Kier alpha value is -1.26. The number of benzene rings is 1. The van der Waals surface area contributed by atoms with Crippen LogP contribution in [0.4, 0.5) is 0 Å². The van der Waals surface area contributed by atoms with Gasteiger partial charge in [-0.05, 0) is 43.0 Å². The van der Waals surface area contributed by atoms with E-state index in [1.165, 1.54) is 11.1 Å². The molecular formula is C15H24N2O2. The zero-order valence-electron chi connectivity index (χ0n) is 12.1. The standard InChI is InChI=1S/C15H24N2O2/c1-11-6-13(18-2)7-15(19-3)14(11)4-5-16-8-12-9-17-10-12/h6-7,12,16-17H,4-5,8-10H2,1-3H3. The van der Waals surface area contributed by atoms with Gasteiger partial charge in [0, 0.05) is 25.7 Å². The summed E-state index contributed by atoms with van der Waals surface area (Å²) in [6.07, 6.45) is 0.985. The minimum Gasteiger partial charge on any atom is -0.497 e. The smallest absolute Gasteiger partial charge is 0.126 e. The third-order valence-corrected chi connectivity index (χ3v) is 3.71. The van der Waals surface area contributed by atoms with E-state index in [0.29, 0.717) is 0 Å². The first-order chi connectivity index (χ1) is 9.24. The molecular weight excluding hydrogens is 240 g/mol.